The Morgan fingerprint density at radius 3 is 2.00 bits per heavy atom. The molecule has 0 amide bonds. The van der Waals surface area contributed by atoms with Gasteiger partial charge in [0.25, 0.3) is 0 Å². The normalized spacial score (nSPS) is 7.83. The van der Waals surface area contributed by atoms with E-state index in [4.69, 9.17) is 5.41 Å². The predicted octanol–water partition coefficient (Wildman–Crippen LogP) is 0.707. The van der Waals surface area contributed by atoms with Crippen molar-refractivity contribution in [3.8, 4) is 0 Å². The summed E-state index contributed by atoms with van der Waals surface area (Å²) < 4.78 is 0. The molecule has 0 aromatic rings. The number of amidine groups is 1. The first-order chi connectivity index (χ1) is 2.64. The van der Waals surface area contributed by atoms with Crippen LogP contribution in [0.25, 0.3) is 0 Å². The second kappa shape index (κ2) is 1.80. The van der Waals surface area contributed by atoms with Crippen LogP contribution in [-0.4, -0.2) is 17.8 Å². The van der Waals surface area contributed by atoms with Gasteiger partial charge in [-0.1, -0.05) is 0 Å². The van der Waals surface area contributed by atoms with E-state index in [0.717, 1.165) is 0 Å². The van der Waals surface area contributed by atoms with Crippen LogP contribution in [0.2, 0.25) is 0 Å². The van der Waals surface area contributed by atoms with Gasteiger partial charge >= 0.3 is 0 Å². The highest BCUT2D eigenvalue weighted by molar-refractivity contribution is 5.75. The van der Waals surface area contributed by atoms with Crippen LogP contribution in [0, 0.1) is 12.5 Å². The van der Waals surface area contributed by atoms with Gasteiger partial charge in [0.1, 0.15) is 0 Å². The number of nitrogens with zero attached hydrogens (tertiary/aromatic N) is 1. The van der Waals surface area contributed by atoms with Crippen LogP contribution in [0.4, 0.5) is 0 Å². The minimum atomic E-state index is 0.481. The van der Waals surface area contributed by atoms with Gasteiger partial charge in [-0.15, -0.1) is 0 Å². The Kier molecular flexibility index (Phi) is 1.64. The van der Waals surface area contributed by atoms with Crippen LogP contribution in [0.3, 0.4) is 0 Å². The van der Waals surface area contributed by atoms with Crippen LogP contribution in [0.1, 0.15) is 6.92 Å². The second-order valence-corrected chi connectivity index (χ2v) is 1.28. The van der Waals surface area contributed by atoms with E-state index in [1.54, 1.807) is 14.0 Å². The molecular weight excluding hydrogens is 76.1 g/mol. The van der Waals surface area contributed by atoms with E-state index < -0.39 is 0 Å². The molecule has 0 aliphatic carbocycles. The quantitative estimate of drug-likeness (QED) is 0.340. The van der Waals surface area contributed by atoms with Crippen molar-refractivity contribution < 1.29 is 0 Å². The lowest BCUT2D eigenvalue weighted by atomic mass is 10.6. The van der Waals surface area contributed by atoms with E-state index in [1.165, 1.54) is 4.90 Å². The van der Waals surface area contributed by atoms with Gasteiger partial charge in [-0.05, 0) is 6.92 Å². The smallest absolute Gasteiger partial charge is 0.0923 e. The number of hydrogen-bond acceptors (Lipinski definition) is 1. The third-order valence-electron chi connectivity index (χ3n) is 0.573. The Balaban J connectivity index is 3.26. The lowest BCUT2D eigenvalue weighted by Gasteiger charge is -2.05. The largest absolute Gasteiger partial charge is 0.362 e. The molecule has 0 spiro atoms. The van der Waals surface area contributed by atoms with Gasteiger partial charge in [-0.25, -0.2) is 0 Å². The van der Waals surface area contributed by atoms with Gasteiger partial charge in [-0.2, -0.15) is 0 Å². The Morgan fingerprint density at radius 1 is 1.83 bits per heavy atom. The average molecular weight is 85.1 g/mol. The van der Waals surface area contributed by atoms with Crippen LogP contribution in [0.15, 0.2) is 0 Å². The third kappa shape index (κ3) is 1.76. The van der Waals surface area contributed by atoms with Crippen molar-refractivity contribution in [2.24, 2.45) is 0 Å². The Morgan fingerprint density at radius 2 is 2.00 bits per heavy atom. The fourth-order valence-corrected chi connectivity index (χ4v) is 0. The van der Waals surface area contributed by atoms with E-state index in [2.05, 4.69) is 7.05 Å². The average Bonchev–Trinajstić information content (AvgIpc) is 1.36. The van der Waals surface area contributed by atoms with Crippen molar-refractivity contribution in [1.29, 1.82) is 5.41 Å². The maximum Gasteiger partial charge on any atom is 0.0923 e. The molecule has 2 nitrogen and oxygen atoms in total. The van der Waals surface area contributed by atoms with E-state index in [9.17, 15) is 0 Å². The Hall–Kier alpha value is -0.530. The van der Waals surface area contributed by atoms with Crippen LogP contribution in [-0.2, 0) is 0 Å². The van der Waals surface area contributed by atoms with Crippen molar-refractivity contribution in [3.63, 3.8) is 0 Å². The molecule has 0 aliphatic rings. The van der Waals surface area contributed by atoms with Gasteiger partial charge in [0.2, 0.25) is 0 Å². The summed E-state index contributed by atoms with van der Waals surface area (Å²) in [6, 6.07) is 0. The summed E-state index contributed by atoms with van der Waals surface area (Å²) in [7, 11) is 5.19. The van der Waals surface area contributed by atoms with Crippen molar-refractivity contribution in [1.82, 2.24) is 4.90 Å². The van der Waals surface area contributed by atoms with E-state index in [1.807, 2.05) is 0 Å². The van der Waals surface area contributed by atoms with Crippen molar-refractivity contribution in [2.75, 3.05) is 7.05 Å². The molecular formula is C4H9N2. The van der Waals surface area contributed by atoms with Crippen molar-refractivity contribution >= 4 is 5.84 Å². The molecule has 0 aliphatic heterocycles. The summed E-state index contributed by atoms with van der Waals surface area (Å²) in [5.41, 5.74) is 0. The van der Waals surface area contributed by atoms with Crippen LogP contribution in [0.5, 0.6) is 0 Å². The summed E-state index contributed by atoms with van der Waals surface area (Å²) in [6.45, 7) is 1.69. The molecule has 6 heavy (non-hydrogen) atoms. The highest BCUT2D eigenvalue weighted by atomic mass is 15.1. The van der Waals surface area contributed by atoms with E-state index in [-0.39, 0.29) is 0 Å². The predicted molar refractivity (Wildman–Crippen MR) is 26.5 cm³/mol. The van der Waals surface area contributed by atoms with Crippen LogP contribution < -0.4 is 0 Å². The standard InChI is InChI=1S/C4H9N2/c1-4(5)6(2)3/h5H,2H2,1,3H3. The summed E-state index contributed by atoms with van der Waals surface area (Å²) in [5, 5.41) is 6.81. The molecule has 0 aromatic heterocycles. The van der Waals surface area contributed by atoms with Gasteiger partial charge < -0.3 is 4.90 Å². The summed E-state index contributed by atoms with van der Waals surface area (Å²) in [4.78, 5) is 1.50. The first kappa shape index (κ1) is 5.47. The molecule has 0 saturated heterocycles. The highest BCUT2D eigenvalue weighted by Gasteiger charge is 1.82. The molecule has 0 atom stereocenters. The van der Waals surface area contributed by atoms with Gasteiger partial charge in [0.05, 0.1) is 5.84 Å². The first-order valence-corrected chi connectivity index (χ1v) is 1.74. The van der Waals surface area contributed by atoms with Gasteiger partial charge in [0, 0.05) is 14.1 Å². The van der Waals surface area contributed by atoms with E-state index >= 15 is 0 Å². The van der Waals surface area contributed by atoms with Gasteiger partial charge in [-0.3, -0.25) is 5.41 Å². The molecule has 0 aromatic carbocycles. The zero-order valence-corrected chi connectivity index (χ0v) is 4.15. The monoisotopic (exact) mass is 85.1 g/mol. The zero-order chi connectivity index (χ0) is 5.15. The summed E-state index contributed by atoms with van der Waals surface area (Å²) >= 11 is 0. The molecule has 0 saturated carbocycles. The Bertz CT molecular complexity index is 56.6. The zero-order valence-electron chi connectivity index (χ0n) is 4.15. The molecule has 35 valence electrons. The molecule has 0 heterocycles. The minimum Gasteiger partial charge on any atom is -0.362 e. The topological polar surface area (TPSA) is 27.1 Å². The molecule has 0 unspecified atom stereocenters. The molecule has 1 N–H and O–H groups in total. The maximum absolute atomic E-state index is 6.81. The number of rotatable bonds is 0. The second-order valence-electron chi connectivity index (χ2n) is 1.28. The number of nitrogens with one attached hydrogen (secondary N) is 1. The Labute approximate surface area is 38.3 Å². The molecule has 2 heteroatoms. The lowest BCUT2D eigenvalue weighted by Crippen LogP contribution is -2.13. The fourth-order valence-electron chi connectivity index (χ4n) is 0. The molecule has 1 radical (unpaired) electrons. The van der Waals surface area contributed by atoms with E-state index in [0.29, 0.717) is 5.84 Å². The van der Waals surface area contributed by atoms with Gasteiger partial charge in [0.15, 0.2) is 0 Å². The number of hydrogen-bond donors (Lipinski definition) is 1. The molecule has 0 rings (SSSR count). The highest BCUT2D eigenvalue weighted by Crippen LogP contribution is 1.73. The third-order valence-corrected chi connectivity index (χ3v) is 0.573. The summed E-state index contributed by atoms with van der Waals surface area (Å²) in [5.74, 6) is 0.481. The van der Waals surface area contributed by atoms with Crippen molar-refractivity contribution in [3.05, 3.63) is 7.05 Å². The fraction of sp³-hybridized carbons (Fsp3) is 0.500. The molecule has 0 bridgehead atoms. The van der Waals surface area contributed by atoms with Crippen LogP contribution >= 0.6 is 0 Å². The first-order valence-electron chi connectivity index (χ1n) is 1.74. The van der Waals surface area contributed by atoms with Crippen molar-refractivity contribution in [2.45, 2.75) is 6.92 Å². The minimum absolute atomic E-state index is 0.481. The SMILES string of the molecule is [CH2]N(C)C(C)=N. The maximum atomic E-state index is 6.81. The lowest BCUT2D eigenvalue weighted by molar-refractivity contribution is 0.671. The summed E-state index contributed by atoms with van der Waals surface area (Å²) in [6.07, 6.45) is 0. The molecule has 0 fully saturated rings.